The molecule has 0 spiro atoms. The topological polar surface area (TPSA) is 66.8 Å². The Morgan fingerprint density at radius 1 is 1.09 bits per heavy atom. The Morgan fingerprint density at radius 2 is 1.64 bits per heavy atom. The van der Waals surface area contributed by atoms with E-state index in [1.807, 2.05) is 0 Å². The second kappa shape index (κ2) is 11.8. The van der Waals surface area contributed by atoms with Crippen LogP contribution in [0.1, 0.15) is 77.0 Å². The van der Waals surface area contributed by atoms with Crippen LogP contribution in [-0.2, 0) is 14.4 Å². The predicted molar refractivity (Wildman–Crippen MR) is 88.2 cm³/mol. The first-order valence-electron chi connectivity index (χ1n) is 8.47. The molecule has 0 aromatic heterocycles. The molecule has 1 rings (SSSR count). The molecule has 0 aromatic carbocycles. The van der Waals surface area contributed by atoms with Crippen LogP contribution in [0.2, 0.25) is 0 Å². The minimum absolute atomic E-state index is 0.239. The molecule has 1 aliphatic rings. The van der Waals surface area contributed by atoms with E-state index in [4.69, 9.17) is 4.84 Å². The summed E-state index contributed by atoms with van der Waals surface area (Å²) < 4.78 is 0. The fourth-order valence-corrected chi connectivity index (χ4v) is 2.76. The number of aliphatic hydroxyl groups excluding tert-OH is 1. The summed E-state index contributed by atoms with van der Waals surface area (Å²) in [5.74, 6) is 0.232. The molecule has 1 N–H and O–H groups in total. The average Bonchev–Trinajstić information content (AvgIpc) is 2.81. The zero-order chi connectivity index (χ0) is 16.2. The number of unbranched alkanes of at least 4 members (excludes halogenated alkanes) is 8. The standard InChI is InChI=1S/C16H29NO4S/c18-14-11-12-15(19)17(14)21-16(20)10-8-6-4-2-1-3-5-7-9-13-22/h14,18,22H,1-13H2. The van der Waals surface area contributed by atoms with Crippen molar-refractivity contribution in [3.63, 3.8) is 0 Å². The summed E-state index contributed by atoms with van der Waals surface area (Å²) in [5.41, 5.74) is 0. The molecule has 1 amide bonds. The van der Waals surface area contributed by atoms with Crippen molar-refractivity contribution in [2.45, 2.75) is 83.3 Å². The summed E-state index contributed by atoms with van der Waals surface area (Å²) >= 11 is 4.19. The monoisotopic (exact) mass is 331 g/mol. The third-order valence-corrected chi connectivity index (χ3v) is 4.19. The van der Waals surface area contributed by atoms with Gasteiger partial charge < -0.3 is 9.94 Å². The molecule has 1 saturated heterocycles. The summed E-state index contributed by atoms with van der Waals surface area (Å²) in [5, 5.41) is 10.3. The van der Waals surface area contributed by atoms with Crippen LogP contribution >= 0.6 is 12.6 Å². The number of nitrogens with zero attached hydrogens (tertiary/aromatic N) is 1. The van der Waals surface area contributed by atoms with Gasteiger partial charge in [0.1, 0.15) is 0 Å². The third kappa shape index (κ3) is 8.03. The molecule has 0 saturated carbocycles. The van der Waals surface area contributed by atoms with E-state index in [1.54, 1.807) is 0 Å². The van der Waals surface area contributed by atoms with E-state index in [2.05, 4.69) is 12.6 Å². The number of amides is 1. The van der Waals surface area contributed by atoms with Gasteiger partial charge in [-0.15, -0.1) is 5.06 Å². The molecule has 0 aliphatic carbocycles. The number of rotatable bonds is 12. The lowest BCUT2D eigenvalue weighted by atomic mass is 10.1. The van der Waals surface area contributed by atoms with Gasteiger partial charge >= 0.3 is 5.97 Å². The Hall–Kier alpha value is -0.750. The highest BCUT2D eigenvalue weighted by Crippen LogP contribution is 2.17. The van der Waals surface area contributed by atoms with E-state index < -0.39 is 12.2 Å². The van der Waals surface area contributed by atoms with Gasteiger partial charge in [-0.05, 0) is 18.6 Å². The summed E-state index contributed by atoms with van der Waals surface area (Å²) in [7, 11) is 0. The van der Waals surface area contributed by atoms with Gasteiger partial charge in [0.2, 0.25) is 0 Å². The first-order chi connectivity index (χ1) is 10.6. The van der Waals surface area contributed by atoms with E-state index in [1.165, 1.54) is 38.5 Å². The average molecular weight is 331 g/mol. The second-order valence-corrected chi connectivity index (χ2v) is 6.30. The fraction of sp³-hybridized carbons (Fsp3) is 0.875. The van der Waals surface area contributed by atoms with Gasteiger partial charge in [0.05, 0.1) is 0 Å². The molecule has 128 valence electrons. The maximum Gasteiger partial charge on any atom is 0.332 e. The van der Waals surface area contributed by atoms with Crippen LogP contribution in [0.15, 0.2) is 0 Å². The van der Waals surface area contributed by atoms with E-state index in [0.717, 1.165) is 30.1 Å². The molecule has 22 heavy (non-hydrogen) atoms. The molecule has 1 atom stereocenters. The van der Waals surface area contributed by atoms with E-state index in [-0.39, 0.29) is 12.3 Å². The van der Waals surface area contributed by atoms with Crippen molar-refractivity contribution in [3.05, 3.63) is 0 Å². The number of thiol groups is 1. The van der Waals surface area contributed by atoms with Gasteiger partial charge in [0.15, 0.2) is 6.23 Å². The molecular formula is C16H29NO4S. The van der Waals surface area contributed by atoms with Crippen LogP contribution in [0, 0.1) is 0 Å². The lowest BCUT2D eigenvalue weighted by Gasteiger charge is -2.18. The highest BCUT2D eigenvalue weighted by atomic mass is 32.1. The van der Waals surface area contributed by atoms with Gasteiger partial charge in [0, 0.05) is 19.3 Å². The zero-order valence-electron chi connectivity index (χ0n) is 13.3. The van der Waals surface area contributed by atoms with E-state index >= 15 is 0 Å². The van der Waals surface area contributed by atoms with Crippen molar-refractivity contribution in [1.29, 1.82) is 0 Å². The maximum atomic E-state index is 11.6. The highest BCUT2D eigenvalue weighted by molar-refractivity contribution is 7.80. The van der Waals surface area contributed by atoms with Crippen molar-refractivity contribution < 1.29 is 19.5 Å². The molecule has 1 fully saturated rings. The van der Waals surface area contributed by atoms with Crippen LogP contribution in [0.5, 0.6) is 0 Å². The number of hydroxylamine groups is 2. The lowest BCUT2D eigenvalue weighted by molar-refractivity contribution is -0.220. The highest BCUT2D eigenvalue weighted by Gasteiger charge is 2.32. The molecule has 1 aliphatic heterocycles. The van der Waals surface area contributed by atoms with Crippen molar-refractivity contribution in [2.75, 3.05) is 5.75 Å². The third-order valence-electron chi connectivity index (χ3n) is 3.87. The van der Waals surface area contributed by atoms with Gasteiger partial charge in [0.25, 0.3) is 5.91 Å². The number of hydrogen-bond donors (Lipinski definition) is 2. The van der Waals surface area contributed by atoms with Crippen LogP contribution in [0.4, 0.5) is 0 Å². The number of carbonyl (C=O) groups is 2. The number of aliphatic hydroxyl groups is 1. The Bertz CT molecular complexity index is 338. The number of hydrogen-bond acceptors (Lipinski definition) is 5. The minimum Gasteiger partial charge on any atom is -0.370 e. The summed E-state index contributed by atoms with van der Waals surface area (Å²) in [6, 6.07) is 0. The normalized spacial score (nSPS) is 18.0. The SMILES string of the molecule is O=C(CCCCCCCCCCCS)ON1C(=O)CCC1O. The second-order valence-electron chi connectivity index (χ2n) is 5.86. The molecule has 6 heteroatoms. The van der Waals surface area contributed by atoms with Crippen LogP contribution in [-0.4, -0.2) is 34.0 Å². The molecular weight excluding hydrogens is 302 g/mol. The first kappa shape index (κ1) is 19.3. The molecule has 1 heterocycles. The number of carbonyl (C=O) groups excluding carboxylic acids is 2. The molecule has 5 nitrogen and oxygen atoms in total. The zero-order valence-corrected chi connectivity index (χ0v) is 14.2. The van der Waals surface area contributed by atoms with Crippen LogP contribution in [0.3, 0.4) is 0 Å². The fourth-order valence-electron chi connectivity index (χ4n) is 2.53. The molecule has 1 unspecified atom stereocenters. The van der Waals surface area contributed by atoms with Crippen LogP contribution < -0.4 is 0 Å². The Morgan fingerprint density at radius 3 is 2.14 bits per heavy atom. The van der Waals surface area contributed by atoms with Gasteiger partial charge in [-0.3, -0.25) is 4.79 Å². The summed E-state index contributed by atoms with van der Waals surface area (Å²) in [6.07, 6.45) is 10.3. The van der Waals surface area contributed by atoms with Crippen molar-refractivity contribution in [2.24, 2.45) is 0 Å². The Kier molecular flexibility index (Phi) is 10.3. The first-order valence-corrected chi connectivity index (χ1v) is 9.10. The largest absolute Gasteiger partial charge is 0.370 e. The maximum absolute atomic E-state index is 11.6. The predicted octanol–water partition coefficient (Wildman–Crippen LogP) is 3.22. The van der Waals surface area contributed by atoms with Crippen molar-refractivity contribution in [3.8, 4) is 0 Å². The van der Waals surface area contributed by atoms with Gasteiger partial charge in [-0.25, -0.2) is 4.79 Å². The van der Waals surface area contributed by atoms with Crippen molar-refractivity contribution in [1.82, 2.24) is 5.06 Å². The van der Waals surface area contributed by atoms with E-state index in [9.17, 15) is 14.7 Å². The van der Waals surface area contributed by atoms with Crippen LogP contribution in [0.25, 0.3) is 0 Å². The van der Waals surface area contributed by atoms with Gasteiger partial charge in [-0.1, -0.05) is 44.9 Å². The van der Waals surface area contributed by atoms with Crippen molar-refractivity contribution >= 4 is 24.5 Å². The van der Waals surface area contributed by atoms with Gasteiger partial charge in [-0.2, -0.15) is 12.6 Å². The smallest absolute Gasteiger partial charge is 0.332 e. The summed E-state index contributed by atoms with van der Waals surface area (Å²) in [6.45, 7) is 0. The molecule has 0 aromatic rings. The quantitative estimate of drug-likeness (QED) is 0.426. The minimum atomic E-state index is -0.973. The lowest BCUT2D eigenvalue weighted by Crippen LogP contribution is -2.35. The summed E-state index contributed by atoms with van der Waals surface area (Å²) in [4.78, 5) is 27.8. The van der Waals surface area contributed by atoms with E-state index in [0.29, 0.717) is 12.8 Å². The molecule has 0 radical (unpaired) electrons. The molecule has 0 bridgehead atoms. The Balaban J connectivity index is 1.92. The Labute approximate surface area is 138 Å².